The maximum atomic E-state index is 12.4. The van der Waals surface area contributed by atoms with Crippen LogP contribution in [0.5, 0.6) is 0 Å². The molecule has 0 radical (unpaired) electrons. The molecule has 1 fully saturated rings. The Balaban J connectivity index is 2.01. The first-order valence-electron chi connectivity index (χ1n) is 7.37. The molecule has 1 aliphatic carbocycles. The molecule has 0 saturated heterocycles. The van der Waals surface area contributed by atoms with Crippen LogP contribution in [0.15, 0.2) is 6.07 Å². The van der Waals surface area contributed by atoms with Gasteiger partial charge in [0, 0.05) is 30.0 Å². The third-order valence-corrected chi connectivity index (χ3v) is 4.67. The molecule has 3 nitrogen and oxygen atoms in total. The van der Waals surface area contributed by atoms with Gasteiger partial charge in [0.2, 0.25) is 0 Å². The summed E-state index contributed by atoms with van der Waals surface area (Å²) >= 11 is 0. The molecule has 0 unspecified atom stereocenters. The predicted octanol–water partition coefficient (Wildman–Crippen LogP) is 3.09. The van der Waals surface area contributed by atoms with E-state index in [4.69, 9.17) is 0 Å². The smallest absolute Gasteiger partial charge is 0.178 e. The summed E-state index contributed by atoms with van der Waals surface area (Å²) < 4.78 is 2.09. The molecular formula is C16H26N2O. The van der Waals surface area contributed by atoms with Gasteiger partial charge in [0.05, 0.1) is 6.54 Å². The van der Waals surface area contributed by atoms with Crippen LogP contribution in [-0.2, 0) is 7.05 Å². The summed E-state index contributed by atoms with van der Waals surface area (Å²) in [5.41, 5.74) is 3.13. The zero-order valence-electron chi connectivity index (χ0n) is 12.7. The lowest BCUT2D eigenvalue weighted by atomic mass is 9.94. The van der Waals surface area contributed by atoms with E-state index in [2.05, 4.69) is 23.4 Å². The van der Waals surface area contributed by atoms with Crippen molar-refractivity contribution in [2.75, 3.05) is 13.6 Å². The highest BCUT2D eigenvalue weighted by molar-refractivity contribution is 5.99. The number of hydrogen-bond donors (Lipinski definition) is 0. The number of nitrogens with zero attached hydrogens (tertiary/aromatic N) is 2. The highest BCUT2D eigenvalue weighted by Gasteiger charge is 2.22. The molecular weight excluding hydrogens is 236 g/mol. The van der Waals surface area contributed by atoms with Crippen molar-refractivity contribution in [1.29, 1.82) is 0 Å². The van der Waals surface area contributed by atoms with Gasteiger partial charge in [-0.1, -0.05) is 19.3 Å². The molecule has 0 aromatic carbocycles. The monoisotopic (exact) mass is 262 g/mol. The molecule has 0 spiro atoms. The number of Topliss-reactive ketones (excluding diaryl/α,β-unsaturated/α-hetero) is 1. The summed E-state index contributed by atoms with van der Waals surface area (Å²) in [6.07, 6.45) is 6.47. The molecule has 0 amide bonds. The Hall–Kier alpha value is -1.09. The summed E-state index contributed by atoms with van der Waals surface area (Å²) in [7, 11) is 4.12. The average Bonchev–Trinajstić information content (AvgIpc) is 2.67. The topological polar surface area (TPSA) is 25.2 Å². The second-order valence-electron chi connectivity index (χ2n) is 5.97. The number of carbonyl (C=O) groups excluding carboxylic acids is 1. The van der Waals surface area contributed by atoms with Gasteiger partial charge in [0.15, 0.2) is 5.78 Å². The zero-order valence-corrected chi connectivity index (χ0v) is 12.7. The van der Waals surface area contributed by atoms with E-state index in [-0.39, 0.29) is 5.78 Å². The van der Waals surface area contributed by atoms with Crippen LogP contribution in [0.1, 0.15) is 53.8 Å². The molecule has 1 aromatic heterocycles. The van der Waals surface area contributed by atoms with Crippen molar-refractivity contribution in [3.8, 4) is 0 Å². The molecule has 0 N–H and O–H groups in total. The van der Waals surface area contributed by atoms with E-state index >= 15 is 0 Å². The molecule has 0 aliphatic heterocycles. The minimum absolute atomic E-state index is 0.259. The first kappa shape index (κ1) is 14.3. The maximum Gasteiger partial charge on any atom is 0.178 e. The fourth-order valence-corrected chi connectivity index (χ4v) is 3.10. The second-order valence-corrected chi connectivity index (χ2v) is 5.97. The summed E-state index contributed by atoms with van der Waals surface area (Å²) in [6, 6.07) is 2.62. The van der Waals surface area contributed by atoms with Gasteiger partial charge in [-0.15, -0.1) is 0 Å². The lowest BCUT2D eigenvalue weighted by Crippen LogP contribution is -2.37. The molecule has 0 atom stereocenters. The summed E-state index contributed by atoms with van der Waals surface area (Å²) in [5, 5.41) is 0. The number of aryl methyl sites for hydroxylation is 1. The lowest BCUT2D eigenvalue weighted by Gasteiger charge is -2.30. The number of likely N-dealkylation sites (N-methyl/N-ethyl adjacent to an activating group) is 1. The van der Waals surface area contributed by atoms with Gasteiger partial charge < -0.3 is 4.57 Å². The lowest BCUT2D eigenvalue weighted by molar-refractivity contribution is 0.0899. The van der Waals surface area contributed by atoms with Gasteiger partial charge >= 0.3 is 0 Å². The second kappa shape index (κ2) is 5.91. The van der Waals surface area contributed by atoms with E-state index < -0.39 is 0 Å². The van der Waals surface area contributed by atoms with Crippen LogP contribution in [0.4, 0.5) is 0 Å². The standard InChI is InChI=1S/C16H26N2O/c1-12-10-15(13(2)18(12)4)16(19)11-17(3)14-8-6-5-7-9-14/h10,14H,5-9,11H2,1-4H3. The highest BCUT2D eigenvalue weighted by Crippen LogP contribution is 2.22. The fourth-order valence-electron chi connectivity index (χ4n) is 3.10. The van der Waals surface area contributed by atoms with E-state index in [0.29, 0.717) is 12.6 Å². The maximum absolute atomic E-state index is 12.4. The Morgan fingerprint density at radius 2 is 1.95 bits per heavy atom. The molecule has 2 rings (SSSR count). The third-order valence-electron chi connectivity index (χ3n) is 4.67. The van der Waals surface area contributed by atoms with Gasteiger partial charge in [0.1, 0.15) is 0 Å². The van der Waals surface area contributed by atoms with Gasteiger partial charge in [-0.3, -0.25) is 9.69 Å². The first-order chi connectivity index (χ1) is 9.00. The minimum atomic E-state index is 0.259. The highest BCUT2D eigenvalue weighted by atomic mass is 16.1. The molecule has 1 saturated carbocycles. The van der Waals surface area contributed by atoms with Gasteiger partial charge in [-0.2, -0.15) is 0 Å². The van der Waals surface area contributed by atoms with Crippen molar-refractivity contribution >= 4 is 5.78 Å². The van der Waals surface area contributed by atoms with Crippen molar-refractivity contribution in [3.05, 3.63) is 23.0 Å². The predicted molar refractivity (Wildman–Crippen MR) is 78.7 cm³/mol. The number of carbonyl (C=O) groups is 1. The van der Waals surface area contributed by atoms with Crippen molar-refractivity contribution in [2.45, 2.75) is 52.0 Å². The Morgan fingerprint density at radius 3 is 2.47 bits per heavy atom. The van der Waals surface area contributed by atoms with Gasteiger partial charge in [-0.05, 0) is 39.8 Å². The average molecular weight is 262 g/mol. The quantitative estimate of drug-likeness (QED) is 0.779. The van der Waals surface area contributed by atoms with Crippen molar-refractivity contribution in [3.63, 3.8) is 0 Å². The Morgan fingerprint density at radius 1 is 1.32 bits per heavy atom. The van der Waals surface area contributed by atoms with E-state index in [1.807, 2.05) is 20.0 Å². The molecule has 1 aromatic rings. The summed E-state index contributed by atoms with van der Waals surface area (Å²) in [6.45, 7) is 4.63. The Bertz CT molecular complexity index is 456. The minimum Gasteiger partial charge on any atom is -0.351 e. The van der Waals surface area contributed by atoms with Crippen LogP contribution >= 0.6 is 0 Å². The largest absolute Gasteiger partial charge is 0.351 e. The number of hydrogen-bond acceptors (Lipinski definition) is 2. The molecule has 1 aliphatic rings. The molecule has 1 heterocycles. The Labute approximate surface area is 116 Å². The summed E-state index contributed by atoms with van der Waals surface area (Å²) in [4.78, 5) is 14.7. The number of ketones is 1. The number of rotatable bonds is 4. The van der Waals surface area contributed by atoms with Crippen LogP contribution in [0, 0.1) is 13.8 Å². The zero-order chi connectivity index (χ0) is 14.0. The summed E-state index contributed by atoms with van der Waals surface area (Å²) in [5.74, 6) is 0.259. The molecule has 106 valence electrons. The van der Waals surface area contributed by atoms with E-state index in [9.17, 15) is 4.79 Å². The van der Waals surface area contributed by atoms with Crippen LogP contribution in [-0.4, -0.2) is 34.9 Å². The van der Waals surface area contributed by atoms with E-state index in [0.717, 1.165) is 17.0 Å². The fraction of sp³-hybridized carbons (Fsp3) is 0.688. The molecule has 0 bridgehead atoms. The van der Waals surface area contributed by atoms with Crippen LogP contribution in [0.25, 0.3) is 0 Å². The van der Waals surface area contributed by atoms with Gasteiger partial charge in [-0.25, -0.2) is 0 Å². The third kappa shape index (κ3) is 3.08. The van der Waals surface area contributed by atoms with Crippen molar-refractivity contribution in [1.82, 2.24) is 9.47 Å². The number of aromatic nitrogens is 1. The van der Waals surface area contributed by atoms with Crippen molar-refractivity contribution in [2.24, 2.45) is 7.05 Å². The van der Waals surface area contributed by atoms with Crippen LogP contribution in [0.2, 0.25) is 0 Å². The first-order valence-corrected chi connectivity index (χ1v) is 7.37. The van der Waals surface area contributed by atoms with E-state index in [1.165, 1.54) is 32.1 Å². The van der Waals surface area contributed by atoms with Crippen LogP contribution < -0.4 is 0 Å². The normalized spacial score (nSPS) is 17.1. The Kier molecular flexibility index (Phi) is 4.46. The van der Waals surface area contributed by atoms with Crippen molar-refractivity contribution < 1.29 is 4.79 Å². The molecule has 3 heteroatoms. The van der Waals surface area contributed by atoms with Gasteiger partial charge in [0.25, 0.3) is 0 Å². The van der Waals surface area contributed by atoms with E-state index in [1.54, 1.807) is 0 Å². The molecule has 19 heavy (non-hydrogen) atoms. The van der Waals surface area contributed by atoms with Crippen LogP contribution in [0.3, 0.4) is 0 Å². The SMILES string of the molecule is Cc1cc(C(=O)CN(C)C2CCCCC2)c(C)n1C.